The van der Waals surface area contributed by atoms with Crippen LogP contribution in [-0.2, 0) is 12.8 Å². The molecular formula is C17H22O3. The largest absolute Gasteiger partial charge is 0.508 e. The van der Waals surface area contributed by atoms with E-state index in [0.29, 0.717) is 5.58 Å². The summed E-state index contributed by atoms with van der Waals surface area (Å²) in [6, 6.07) is 3.54. The summed E-state index contributed by atoms with van der Waals surface area (Å²) in [7, 11) is 0. The molecule has 0 aliphatic rings. The molecule has 0 bridgehead atoms. The van der Waals surface area contributed by atoms with Crippen LogP contribution >= 0.6 is 0 Å². The van der Waals surface area contributed by atoms with Crippen molar-refractivity contribution in [2.24, 2.45) is 0 Å². The van der Waals surface area contributed by atoms with Gasteiger partial charge in [-0.05, 0) is 43.4 Å². The van der Waals surface area contributed by atoms with Gasteiger partial charge in [-0.25, -0.2) is 4.79 Å². The van der Waals surface area contributed by atoms with Crippen molar-refractivity contribution in [2.75, 3.05) is 0 Å². The molecule has 0 unspecified atom stereocenters. The summed E-state index contributed by atoms with van der Waals surface area (Å²) in [4.78, 5) is 12.0. The third-order valence-corrected chi connectivity index (χ3v) is 3.79. The second kappa shape index (κ2) is 6.12. The van der Waals surface area contributed by atoms with E-state index in [1.807, 2.05) is 19.9 Å². The SMILES string of the molecule is CCCCc1cc2c(C)c(CCC)c(=O)oc2cc1O. The Kier molecular flexibility index (Phi) is 4.48. The van der Waals surface area contributed by atoms with Gasteiger partial charge in [0.15, 0.2) is 0 Å². The van der Waals surface area contributed by atoms with Gasteiger partial charge in [0.05, 0.1) is 0 Å². The highest BCUT2D eigenvalue weighted by Crippen LogP contribution is 2.28. The Morgan fingerprint density at radius 3 is 2.55 bits per heavy atom. The smallest absolute Gasteiger partial charge is 0.339 e. The summed E-state index contributed by atoms with van der Waals surface area (Å²) < 4.78 is 5.35. The zero-order chi connectivity index (χ0) is 14.7. The van der Waals surface area contributed by atoms with E-state index in [-0.39, 0.29) is 11.4 Å². The van der Waals surface area contributed by atoms with Crippen molar-refractivity contribution in [3.05, 3.63) is 39.2 Å². The molecule has 2 rings (SSSR count). The summed E-state index contributed by atoms with van der Waals surface area (Å²) in [5, 5.41) is 11.0. The Morgan fingerprint density at radius 1 is 1.15 bits per heavy atom. The monoisotopic (exact) mass is 274 g/mol. The minimum Gasteiger partial charge on any atom is -0.508 e. The molecule has 3 nitrogen and oxygen atoms in total. The molecule has 1 aromatic carbocycles. The molecule has 0 saturated heterocycles. The minimum atomic E-state index is -0.280. The van der Waals surface area contributed by atoms with E-state index in [1.54, 1.807) is 6.07 Å². The predicted molar refractivity (Wildman–Crippen MR) is 81.5 cm³/mol. The van der Waals surface area contributed by atoms with E-state index in [0.717, 1.165) is 54.2 Å². The fraction of sp³-hybridized carbons (Fsp3) is 0.471. The third-order valence-electron chi connectivity index (χ3n) is 3.79. The van der Waals surface area contributed by atoms with E-state index in [1.165, 1.54) is 0 Å². The van der Waals surface area contributed by atoms with Crippen molar-refractivity contribution in [1.82, 2.24) is 0 Å². The van der Waals surface area contributed by atoms with Gasteiger partial charge in [-0.2, -0.15) is 0 Å². The lowest BCUT2D eigenvalue weighted by Gasteiger charge is -2.10. The maximum atomic E-state index is 12.0. The topological polar surface area (TPSA) is 50.4 Å². The summed E-state index contributed by atoms with van der Waals surface area (Å²) in [5.41, 5.74) is 2.87. The number of fused-ring (bicyclic) bond motifs is 1. The van der Waals surface area contributed by atoms with E-state index >= 15 is 0 Å². The number of benzene rings is 1. The second-order valence-corrected chi connectivity index (χ2v) is 5.32. The van der Waals surface area contributed by atoms with Crippen LogP contribution in [0.4, 0.5) is 0 Å². The van der Waals surface area contributed by atoms with Crippen LogP contribution in [-0.4, -0.2) is 5.11 Å². The van der Waals surface area contributed by atoms with Gasteiger partial charge in [-0.1, -0.05) is 26.7 Å². The number of aryl methyl sites for hydroxylation is 2. The summed E-state index contributed by atoms with van der Waals surface area (Å²) in [6.45, 7) is 6.14. The zero-order valence-corrected chi connectivity index (χ0v) is 12.5. The molecule has 0 atom stereocenters. The predicted octanol–water partition coefficient (Wildman–Crippen LogP) is 4.10. The van der Waals surface area contributed by atoms with Crippen LogP contribution in [0.15, 0.2) is 21.3 Å². The summed E-state index contributed by atoms with van der Waals surface area (Å²) in [6.07, 6.45) is 4.62. The van der Waals surface area contributed by atoms with Gasteiger partial charge in [0.25, 0.3) is 0 Å². The van der Waals surface area contributed by atoms with Gasteiger partial charge in [0.1, 0.15) is 11.3 Å². The summed E-state index contributed by atoms with van der Waals surface area (Å²) in [5.74, 6) is 0.219. The van der Waals surface area contributed by atoms with Crippen molar-refractivity contribution < 1.29 is 9.52 Å². The normalized spacial score (nSPS) is 11.2. The highest BCUT2D eigenvalue weighted by Gasteiger charge is 2.13. The first kappa shape index (κ1) is 14.6. The Morgan fingerprint density at radius 2 is 1.90 bits per heavy atom. The molecule has 1 heterocycles. The Hall–Kier alpha value is -1.77. The molecule has 0 fully saturated rings. The lowest BCUT2D eigenvalue weighted by atomic mass is 9.99. The van der Waals surface area contributed by atoms with Crippen molar-refractivity contribution in [3.63, 3.8) is 0 Å². The molecule has 0 spiro atoms. The average molecular weight is 274 g/mol. The maximum Gasteiger partial charge on any atom is 0.339 e. The van der Waals surface area contributed by atoms with Gasteiger partial charge in [0, 0.05) is 17.0 Å². The third kappa shape index (κ3) is 2.72. The quantitative estimate of drug-likeness (QED) is 0.835. The lowest BCUT2D eigenvalue weighted by molar-refractivity contribution is 0.464. The van der Waals surface area contributed by atoms with Gasteiger partial charge >= 0.3 is 5.63 Å². The minimum absolute atomic E-state index is 0.219. The first-order valence-electron chi connectivity index (χ1n) is 7.36. The van der Waals surface area contributed by atoms with E-state index < -0.39 is 0 Å². The number of rotatable bonds is 5. The van der Waals surface area contributed by atoms with Gasteiger partial charge in [0.2, 0.25) is 0 Å². The Bertz CT molecular complexity index is 668. The lowest BCUT2D eigenvalue weighted by Crippen LogP contribution is -2.10. The molecule has 3 heteroatoms. The van der Waals surface area contributed by atoms with E-state index in [4.69, 9.17) is 4.42 Å². The van der Waals surface area contributed by atoms with E-state index in [9.17, 15) is 9.90 Å². The van der Waals surface area contributed by atoms with Crippen LogP contribution in [0.5, 0.6) is 5.75 Å². The number of unbranched alkanes of at least 4 members (excludes halogenated alkanes) is 1. The van der Waals surface area contributed by atoms with Crippen LogP contribution in [0.1, 0.15) is 49.8 Å². The molecular weight excluding hydrogens is 252 g/mol. The van der Waals surface area contributed by atoms with Crippen LogP contribution in [0.2, 0.25) is 0 Å². The molecule has 20 heavy (non-hydrogen) atoms. The maximum absolute atomic E-state index is 12.0. The van der Waals surface area contributed by atoms with Gasteiger partial charge in [-0.15, -0.1) is 0 Å². The number of hydrogen-bond acceptors (Lipinski definition) is 3. The van der Waals surface area contributed by atoms with Crippen molar-refractivity contribution >= 4 is 11.0 Å². The molecule has 2 aromatic rings. The van der Waals surface area contributed by atoms with E-state index in [2.05, 4.69) is 6.92 Å². The first-order valence-corrected chi connectivity index (χ1v) is 7.36. The molecule has 108 valence electrons. The highest BCUT2D eigenvalue weighted by molar-refractivity contribution is 5.83. The molecule has 0 aliphatic carbocycles. The molecule has 0 radical (unpaired) electrons. The van der Waals surface area contributed by atoms with Crippen molar-refractivity contribution in [2.45, 2.75) is 52.9 Å². The zero-order valence-electron chi connectivity index (χ0n) is 12.5. The Labute approximate surface area is 119 Å². The van der Waals surface area contributed by atoms with Crippen LogP contribution in [0.25, 0.3) is 11.0 Å². The summed E-state index contributed by atoms with van der Waals surface area (Å²) >= 11 is 0. The number of hydrogen-bond donors (Lipinski definition) is 1. The van der Waals surface area contributed by atoms with Crippen LogP contribution < -0.4 is 5.63 Å². The fourth-order valence-electron chi connectivity index (χ4n) is 2.58. The van der Waals surface area contributed by atoms with Gasteiger partial charge in [-0.3, -0.25) is 0 Å². The molecule has 0 saturated carbocycles. The van der Waals surface area contributed by atoms with Crippen LogP contribution in [0, 0.1) is 6.92 Å². The molecule has 1 N–H and O–H groups in total. The van der Waals surface area contributed by atoms with Crippen molar-refractivity contribution in [3.8, 4) is 5.75 Å². The number of phenolic OH excluding ortho intramolecular Hbond substituents is 1. The highest BCUT2D eigenvalue weighted by atomic mass is 16.4. The molecule has 0 aliphatic heterocycles. The number of phenols is 1. The van der Waals surface area contributed by atoms with Crippen molar-refractivity contribution in [1.29, 1.82) is 0 Å². The van der Waals surface area contributed by atoms with Gasteiger partial charge < -0.3 is 9.52 Å². The first-order chi connectivity index (χ1) is 9.58. The standard InChI is InChI=1S/C17H22O3/c1-4-6-8-12-9-14-11(3)13(7-5-2)17(19)20-16(14)10-15(12)18/h9-10,18H,4-8H2,1-3H3. The average Bonchev–Trinajstić information content (AvgIpc) is 2.42. The fourth-order valence-corrected chi connectivity index (χ4v) is 2.58. The molecule has 1 aromatic heterocycles. The number of aromatic hydroxyl groups is 1. The second-order valence-electron chi connectivity index (χ2n) is 5.32. The Balaban J connectivity index is 2.62. The van der Waals surface area contributed by atoms with Crippen LogP contribution in [0.3, 0.4) is 0 Å². The molecule has 0 amide bonds.